The second-order valence-corrected chi connectivity index (χ2v) is 16.7. The summed E-state index contributed by atoms with van der Waals surface area (Å²) in [6.45, 7) is 4.65. The van der Waals surface area contributed by atoms with Gasteiger partial charge in [0.25, 0.3) is 0 Å². The number of aromatic hydroxyl groups is 4. The lowest BCUT2D eigenvalue weighted by Crippen LogP contribution is -2.45. The molecule has 1 aliphatic heterocycles. The van der Waals surface area contributed by atoms with E-state index in [4.69, 9.17) is 14.5 Å². The number of aromatic nitrogens is 1. The fraction of sp³-hybridized carbons (Fsp3) is 0.417. The average molecular weight is 789 g/mol. The third-order valence-corrected chi connectivity index (χ3v) is 12.4. The number of fused-ring (bicyclic) bond motifs is 6. The quantitative estimate of drug-likeness (QED) is 0.0562. The number of phenolic OH excluding ortho intramolecular Hbond substituents is 4. The Kier molecular flexibility index (Phi) is 12.3. The summed E-state index contributed by atoms with van der Waals surface area (Å²) in [6, 6.07) is 21.7. The fourth-order valence-corrected chi connectivity index (χ4v) is 9.46. The van der Waals surface area contributed by atoms with Gasteiger partial charge in [0, 0.05) is 23.7 Å². The van der Waals surface area contributed by atoms with E-state index in [-0.39, 0.29) is 41.0 Å². The van der Waals surface area contributed by atoms with Crippen molar-refractivity contribution in [2.75, 3.05) is 19.0 Å². The van der Waals surface area contributed by atoms with Crippen LogP contribution in [-0.4, -0.2) is 56.1 Å². The van der Waals surface area contributed by atoms with E-state index in [1.807, 2.05) is 36.4 Å². The molecule has 10 heteroatoms. The largest absolute Gasteiger partial charge is 0.508 e. The molecule has 2 bridgehead atoms. The van der Waals surface area contributed by atoms with Gasteiger partial charge in [0.05, 0.1) is 25.7 Å². The number of pyridine rings is 1. The number of phenols is 4. The van der Waals surface area contributed by atoms with Crippen molar-refractivity contribution in [3.63, 3.8) is 0 Å². The van der Waals surface area contributed by atoms with Gasteiger partial charge in [-0.15, -0.1) is 0 Å². The fourth-order valence-electron chi connectivity index (χ4n) is 9.46. The Morgan fingerprint density at radius 3 is 2.48 bits per heavy atom. The van der Waals surface area contributed by atoms with Crippen LogP contribution in [0.5, 0.6) is 34.5 Å². The van der Waals surface area contributed by atoms with E-state index < -0.39 is 23.4 Å². The molecule has 7 rings (SSSR count). The van der Waals surface area contributed by atoms with E-state index in [2.05, 4.69) is 19.2 Å². The standard InChI is InChI=1S/C48H56N2O8/c1-29(2)7-6-22-58-44-27-33(26-42(55)47(44)56)31-10-13-37-36-14-12-35(51)24-32(36)11-15-38(37)50-45-28-34(18-21-49-45)48(19-4-5-20-48)46(41(54)25-31)40(53)17-9-30-8-16-39(52)43(23-30)57-3/h8,11-12,14-16,18,21,23-24,26-29,31,40,46,51-53,55-56H,4-7,9-10,13,17,19-20,22,25H2,1-3H3,(H,49,50)/t31-,40+,46+/m0/s1. The molecule has 4 aromatic carbocycles. The number of carbonyl (C=O) groups is 1. The highest BCUT2D eigenvalue weighted by Crippen LogP contribution is 2.51. The van der Waals surface area contributed by atoms with Crippen molar-refractivity contribution in [2.45, 2.75) is 102 Å². The van der Waals surface area contributed by atoms with Gasteiger partial charge in [0.1, 0.15) is 17.4 Å². The van der Waals surface area contributed by atoms with Crippen LogP contribution >= 0.6 is 0 Å². The Labute approximate surface area is 340 Å². The van der Waals surface area contributed by atoms with Crippen molar-refractivity contribution < 1.29 is 39.8 Å². The van der Waals surface area contributed by atoms with E-state index >= 15 is 4.79 Å². The highest BCUT2D eigenvalue weighted by Gasteiger charge is 2.49. The van der Waals surface area contributed by atoms with E-state index in [1.54, 1.807) is 36.5 Å². The Hall–Kier alpha value is -5.48. The average Bonchev–Trinajstić information content (AvgIpc) is 3.70. The number of methoxy groups -OCH3 is 1. The van der Waals surface area contributed by atoms with E-state index in [0.717, 1.165) is 71.7 Å². The molecule has 0 unspecified atom stereocenters. The molecule has 5 aromatic rings. The number of aliphatic hydroxyl groups excluding tert-OH is 1. The molecule has 3 atom stereocenters. The number of aliphatic hydroxyl groups is 1. The molecule has 306 valence electrons. The molecule has 1 aliphatic carbocycles. The molecular weight excluding hydrogens is 733 g/mol. The second kappa shape index (κ2) is 17.6. The van der Waals surface area contributed by atoms with Gasteiger partial charge >= 0.3 is 0 Å². The van der Waals surface area contributed by atoms with Gasteiger partial charge in [0.15, 0.2) is 23.0 Å². The minimum Gasteiger partial charge on any atom is -0.508 e. The predicted molar refractivity (Wildman–Crippen MR) is 226 cm³/mol. The third-order valence-electron chi connectivity index (χ3n) is 12.4. The van der Waals surface area contributed by atoms with Gasteiger partial charge in [0.2, 0.25) is 5.75 Å². The van der Waals surface area contributed by atoms with Gasteiger partial charge in [-0.2, -0.15) is 0 Å². The lowest BCUT2D eigenvalue weighted by molar-refractivity contribution is -0.130. The molecular formula is C48H56N2O8. The summed E-state index contributed by atoms with van der Waals surface area (Å²) in [5.41, 5.74) is 3.68. The van der Waals surface area contributed by atoms with E-state index in [9.17, 15) is 25.5 Å². The number of aryl methyl sites for hydroxylation is 2. The van der Waals surface area contributed by atoms with E-state index in [1.165, 1.54) is 13.2 Å². The summed E-state index contributed by atoms with van der Waals surface area (Å²) in [7, 11) is 1.50. The lowest BCUT2D eigenvalue weighted by Gasteiger charge is -2.41. The Bertz CT molecular complexity index is 2250. The topological polar surface area (TPSA) is 162 Å². The van der Waals surface area contributed by atoms with Crippen LogP contribution in [0.1, 0.15) is 99.8 Å². The predicted octanol–water partition coefficient (Wildman–Crippen LogP) is 9.74. The van der Waals surface area contributed by atoms with Gasteiger partial charge < -0.3 is 40.3 Å². The monoisotopic (exact) mass is 788 g/mol. The van der Waals surface area contributed by atoms with Crippen molar-refractivity contribution in [2.24, 2.45) is 11.8 Å². The number of nitrogens with one attached hydrogen (secondary N) is 1. The minimum atomic E-state index is -0.998. The Morgan fingerprint density at radius 1 is 0.897 bits per heavy atom. The zero-order chi connectivity index (χ0) is 41.0. The molecule has 0 saturated heterocycles. The molecule has 0 amide bonds. The molecule has 6 N–H and O–H groups in total. The summed E-state index contributed by atoms with van der Waals surface area (Å²) in [5.74, 6) is -0.0334. The smallest absolute Gasteiger partial charge is 0.200 e. The summed E-state index contributed by atoms with van der Waals surface area (Å²) in [5, 5.41) is 60.4. The maximum atomic E-state index is 15.3. The SMILES string of the molecule is COc1cc(CC[C@@H](O)[C@@H]2C(=O)C[C@@H](c3cc(O)c(O)c(OCCCC(C)C)c3)CCc3c(ccc4cc(O)ccc34)Nc3cc(ccn3)C23CCCC3)ccc1O. The first-order chi connectivity index (χ1) is 27.9. The van der Waals surface area contributed by atoms with Crippen LogP contribution in [0.2, 0.25) is 0 Å². The molecule has 1 fully saturated rings. The van der Waals surface area contributed by atoms with Crippen LogP contribution < -0.4 is 14.8 Å². The van der Waals surface area contributed by atoms with Gasteiger partial charge in [-0.1, -0.05) is 44.9 Å². The van der Waals surface area contributed by atoms with Gasteiger partial charge in [-0.05, 0) is 151 Å². The Balaban J connectivity index is 1.33. The van der Waals surface area contributed by atoms with Crippen LogP contribution in [-0.2, 0) is 23.1 Å². The normalized spacial score (nSPS) is 18.5. The lowest BCUT2D eigenvalue weighted by atomic mass is 9.63. The molecule has 0 radical (unpaired) electrons. The molecule has 2 heterocycles. The van der Waals surface area contributed by atoms with Crippen molar-refractivity contribution in [3.8, 4) is 34.5 Å². The van der Waals surface area contributed by atoms with Crippen LogP contribution in [0.25, 0.3) is 10.8 Å². The van der Waals surface area contributed by atoms with Crippen LogP contribution in [0.15, 0.2) is 79.0 Å². The Morgan fingerprint density at radius 2 is 1.71 bits per heavy atom. The van der Waals surface area contributed by atoms with Crippen molar-refractivity contribution in [3.05, 3.63) is 101 Å². The van der Waals surface area contributed by atoms with Crippen LogP contribution in [0.4, 0.5) is 11.5 Å². The van der Waals surface area contributed by atoms with Crippen molar-refractivity contribution >= 4 is 28.1 Å². The number of Topliss-reactive ketones (excluding diaryl/α,β-unsaturated/α-hetero) is 1. The molecule has 1 saturated carbocycles. The zero-order valence-corrected chi connectivity index (χ0v) is 33.7. The molecule has 1 spiro atoms. The number of anilines is 2. The molecule has 1 aromatic heterocycles. The number of hydrogen-bond donors (Lipinski definition) is 6. The summed E-state index contributed by atoms with van der Waals surface area (Å²) < 4.78 is 11.4. The van der Waals surface area contributed by atoms with Crippen molar-refractivity contribution in [1.29, 1.82) is 0 Å². The number of benzene rings is 4. The first kappa shape index (κ1) is 40.7. The maximum absolute atomic E-state index is 15.3. The summed E-state index contributed by atoms with van der Waals surface area (Å²) in [6.07, 6.45) is 7.65. The summed E-state index contributed by atoms with van der Waals surface area (Å²) >= 11 is 0. The molecule has 58 heavy (non-hydrogen) atoms. The van der Waals surface area contributed by atoms with Crippen LogP contribution in [0.3, 0.4) is 0 Å². The number of rotatable bonds is 11. The number of ether oxygens (including phenoxy) is 2. The highest BCUT2D eigenvalue weighted by molar-refractivity contribution is 5.92. The number of carbonyl (C=O) groups excluding carboxylic acids is 1. The number of hydrogen-bond acceptors (Lipinski definition) is 10. The summed E-state index contributed by atoms with van der Waals surface area (Å²) in [4.78, 5) is 20.1. The van der Waals surface area contributed by atoms with Gasteiger partial charge in [-0.25, -0.2) is 4.98 Å². The van der Waals surface area contributed by atoms with Crippen LogP contribution in [0, 0.1) is 11.8 Å². The number of nitrogens with zero attached hydrogens (tertiary/aromatic N) is 1. The second-order valence-electron chi connectivity index (χ2n) is 16.7. The first-order valence-corrected chi connectivity index (χ1v) is 20.7. The van der Waals surface area contributed by atoms with Gasteiger partial charge in [-0.3, -0.25) is 4.79 Å². The number of ketones is 1. The zero-order valence-electron chi connectivity index (χ0n) is 33.7. The molecule has 10 nitrogen and oxygen atoms in total. The van der Waals surface area contributed by atoms with Crippen molar-refractivity contribution in [1.82, 2.24) is 4.98 Å². The highest BCUT2D eigenvalue weighted by atomic mass is 16.5. The first-order valence-electron chi connectivity index (χ1n) is 20.7. The van der Waals surface area contributed by atoms with E-state index in [0.29, 0.717) is 55.3 Å². The third kappa shape index (κ3) is 8.67. The maximum Gasteiger partial charge on any atom is 0.200 e. The minimum absolute atomic E-state index is 0.0351. The molecule has 2 aliphatic rings.